The smallest absolute Gasteiger partial charge is 0.457 e. The number of hydrogen-bond acceptors (Lipinski definition) is 6. The van der Waals surface area contributed by atoms with Gasteiger partial charge >= 0.3 is 13.8 Å². The molecule has 0 aliphatic carbocycles. The number of phosphoric acid groups is 1. The molecule has 2 unspecified atom stereocenters. The fourth-order valence-corrected chi connectivity index (χ4v) is 8.11. The Morgan fingerprint density at radius 3 is 1.29 bits per heavy atom. The summed E-state index contributed by atoms with van der Waals surface area (Å²) in [5.74, 6) is -0.310. The Bertz CT molecular complexity index is 956. The first-order valence-electron chi connectivity index (χ1n) is 25.4. The maximum Gasteiger partial charge on any atom is 0.472 e. The third-order valence-corrected chi connectivity index (χ3v) is 12.3. The van der Waals surface area contributed by atoms with Crippen molar-refractivity contribution < 1.29 is 37.3 Å². The topological polar surface area (TPSA) is 91.3 Å². The maximum absolute atomic E-state index is 12.7. The Balaban J connectivity index is 3.97. The summed E-state index contributed by atoms with van der Waals surface area (Å²) in [4.78, 5) is 22.9. The van der Waals surface area contributed by atoms with Crippen LogP contribution in [0.25, 0.3) is 0 Å². The number of allylic oxidation sites excluding steroid dienone is 2. The van der Waals surface area contributed by atoms with Gasteiger partial charge in [-0.2, -0.15) is 0 Å². The van der Waals surface area contributed by atoms with Gasteiger partial charge < -0.3 is 18.9 Å². The van der Waals surface area contributed by atoms with E-state index in [0.29, 0.717) is 24.1 Å². The predicted molar refractivity (Wildman–Crippen MR) is 252 cm³/mol. The Labute approximate surface area is 367 Å². The highest BCUT2D eigenvalue weighted by molar-refractivity contribution is 7.47. The zero-order valence-electron chi connectivity index (χ0n) is 40.0. The molecule has 352 valence electrons. The summed E-state index contributed by atoms with van der Waals surface area (Å²) in [7, 11) is 1.68. The zero-order chi connectivity index (χ0) is 43.4. The van der Waals surface area contributed by atoms with E-state index in [0.717, 1.165) is 32.1 Å². The molecule has 0 aliphatic heterocycles. The standard InChI is InChI=1S/C50H100NO7P/c1-6-8-10-12-14-16-18-19-20-21-22-23-24-25-26-27-28-29-30-31-32-34-36-38-40-42-45-55-47-49(48-57-59(53,54)56-46-44-51(3,4)5)58-50(52)43-41-39-37-35-33-17-15-13-11-9-7-2/h21-22,49H,6-20,23-48H2,1-5H3/p+1/b22-21-. The molecule has 59 heavy (non-hydrogen) atoms. The largest absolute Gasteiger partial charge is 0.472 e. The van der Waals surface area contributed by atoms with Gasteiger partial charge in [0.1, 0.15) is 19.3 Å². The van der Waals surface area contributed by atoms with E-state index < -0.39 is 13.9 Å². The minimum Gasteiger partial charge on any atom is -0.457 e. The lowest BCUT2D eigenvalue weighted by molar-refractivity contribution is -0.870. The van der Waals surface area contributed by atoms with Gasteiger partial charge in [-0.05, 0) is 38.5 Å². The van der Waals surface area contributed by atoms with Gasteiger partial charge in [0, 0.05) is 13.0 Å². The maximum atomic E-state index is 12.7. The van der Waals surface area contributed by atoms with Crippen LogP contribution in [-0.2, 0) is 27.9 Å². The van der Waals surface area contributed by atoms with E-state index in [-0.39, 0.29) is 25.8 Å². The average Bonchev–Trinajstić information content (AvgIpc) is 3.19. The number of likely N-dealkylation sites (N-methyl/N-ethyl adjacent to an activating group) is 1. The minimum atomic E-state index is -4.27. The lowest BCUT2D eigenvalue weighted by Crippen LogP contribution is -2.37. The number of nitrogens with zero attached hydrogens (tertiary/aromatic N) is 1. The molecule has 0 heterocycles. The van der Waals surface area contributed by atoms with Gasteiger partial charge in [-0.15, -0.1) is 0 Å². The van der Waals surface area contributed by atoms with Crippen LogP contribution >= 0.6 is 7.82 Å². The van der Waals surface area contributed by atoms with Gasteiger partial charge in [0.2, 0.25) is 0 Å². The lowest BCUT2D eigenvalue weighted by atomic mass is 10.0. The molecule has 0 spiro atoms. The van der Waals surface area contributed by atoms with Crippen molar-refractivity contribution in [3.63, 3.8) is 0 Å². The number of rotatable bonds is 48. The first-order chi connectivity index (χ1) is 28.6. The minimum absolute atomic E-state index is 0.0924. The van der Waals surface area contributed by atoms with Crippen molar-refractivity contribution in [2.45, 2.75) is 251 Å². The summed E-state index contributed by atoms with van der Waals surface area (Å²) >= 11 is 0. The fourth-order valence-electron chi connectivity index (χ4n) is 7.37. The van der Waals surface area contributed by atoms with Crippen molar-refractivity contribution in [3.8, 4) is 0 Å². The number of carbonyl (C=O) groups is 1. The van der Waals surface area contributed by atoms with Crippen LogP contribution in [0.4, 0.5) is 0 Å². The molecule has 8 nitrogen and oxygen atoms in total. The van der Waals surface area contributed by atoms with Gasteiger partial charge in [-0.1, -0.05) is 212 Å². The zero-order valence-corrected chi connectivity index (χ0v) is 40.9. The number of ether oxygens (including phenoxy) is 2. The van der Waals surface area contributed by atoms with Crippen LogP contribution in [0, 0.1) is 0 Å². The summed E-state index contributed by atoms with van der Waals surface area (Å²) in [6, 6.07) is 0. The molecule has 0 aromatic carbocycles. The monoisotopic (exact) mass is 859 g/mol. The molecule has 1 N–H and O–H groups in total. The Kier molecular flexibility index (Phi) is 43.3. The van der Waals surface area contributed by atoms with E-state index in [1.54, 1.807) is 0 Å². The number of carbonyl (C=O) groups excluding carboxylic acids is 1. The number of phosphoric ester groups is 1. The summed E-state index contributed by atoms with van der Waals surface area (Å²) in [5, 5.41) is 0. The summed E-state index contributed by atoms with van der Waals surface area (Å²) in [5.41, 5.74) is 0. The summed E-state index contributed by atoms with van der Waals surface area (Å²) < 4.78 is 35.1. The van der Waals surface area contributed by atoms with Crippen molar-refractivity contribution in [3.05, 3.63) is 12.2 Å². The van der Waals surface area contributed by atoms with Gasteiger partial charge in [0.05, 0.1) is 34.4 Å². The number of esters is 1. The fraction of sp³-hybridized carbons (Fsp3) is 0.940. The van der Waals surface area contributed by atoms with Crippen molar-refractivity contribution in [1.29, 1.82) is 0 Å². The Morgan fingerprint density at radius 1 is 0.508 bits per heavy atom. The van der Waals surface area contributed by atoms with E-state index in [1.165, 1.54) is 193 Å². The molecular weight excluding hydrogens is 758 g/mol. The lowest BCUT2D eigenvalue weighted by Gasteiger charge is -2.24. The number of quaternary nitrogens is 1. The van der Waals surface area contributed by atoms with E-state index in [4.69, 9.17) is 18.5 Å². The van der Waals surface area contributed by atoms with Gasteiger partial charge in [-0.3, -0.25) is 13.8 Å². The molecule has 0 bridgehead atoms. The van der Waals surface area contributed by atoms with Crippen LogP contribution in [0.2, 0.25) is 0 Å². The van der Waals surface area contributed by atoms with Crippen LogP contribution in [0.3, 0.4) is 0 Å². The molecule has 0 saturated carbocycles. The first-order valence-corrected chi connectivity index (χ1v) is 26.9. The van der Waals surface area contributed by atoms with Gasteiger partial charge in [-0.25, -0.2) is 4.57 Å². The van der Waals surface area contributed by atoms with E-state index >= 15 is 0 Å². The second-order valence-corrected chi connectivity index (χ2v) is 20.0. The third kappa shape index (κ3) is 48.1. The molecule has 0 aromatic heterocycles. The number of hydrogen-bond donors (Lipinski definition) is 1. The highest BCUT2D eigenvalue weighted by Gasteiger charge is 2.26. The van der Waals surface area contributed by atoms with Gasteiger partial charge in [0.25, 0.3) is 0 Å². The van der Waals surface area contributed by atoms with Crippen molar-refractivity contribution >= 4 is 13.8 Å². The Morgan fingerprint density at radius 2 is 0.881 bits per heavy atom. The molecule has 0 aliphatic rings. The van der Waals surface area contributed by atoms with Crippen molar-refractivity contribution in [2.75, 3.05) is 54.1 Å². The quantitative estimate of drug-likeness (QED) is 0.0214. The van der Waals surface area contributed by atoms with Crippen molar-refractivity contribution in [1.82, 2.24) is 0 Å². The number of unbranched alkanes of at least 4 members (excludes halogenated alkanes) is 32. The van der Waals surface area contributed by atoms with Crippen LogP contribution in [-0.4, -0.2) is 75.6 Å². The highest BCUT2D eigenvalue weighted by Crippen LogP contribution is 2.43. The van der Waals surface area contributed by atoms with Crippen molar-refractivity contribution in [2.24, 2.45) is 0 Å². The van der Waals surface area contributed by atoms with E-state index in [1.807, 2.05) is 21.1 Å². The molecule has 0 rings (SSSR count). The molecule has 2 atom stereocenters. The molecule has 0 fully saturated rings. The van der Waals surface area contributed by atoms with E-state index in [2.05, 4.69) is 26.0 Å². The third-order valence-electron chi connectivity index (χ3n) is 11.3. The molecule has 0 aromatic rings. The van der Waals surface area contributed by atoms with Crippen LogP contribution in [0.5, 0.6) is 0 Å². The van der Waals surface area contributed by atoms with E-state index in [9.17, 15) is 14.3 Å². The molecule has 9 heteroatoms. The predicted octanol–water partition coefficient (Wildman–Crippen LogP) is 15.4. The molecule has 0 amide bonds. The average molecular weight is 859 g/mol. The second kappa shape index (κ2) is 43.9. The second-order valence-electron chi connectivity index (χ2n) is 18.6. The van der Waals surface area contributed by atoms with Gasteiger partial charge in [0.15, 0.2) is 0 Å². The highest BCUT2D eigenvalue weighted by atomic mass is 31.2. The van der Waals surface area contributed by atoms with Crippen LogP contribution in [0.1, 0.15) is 245 Å². The summed E-state index contributed by atoms with van der Waals surface area (Å²) in [6.45, 7) is 5.66. The molecular formula is C50H101NO7P+. The molecule has 0 radical (unpaired) electrons. The Hall–Kier alpha value is -0.760. The first kappa shape index (κ1) is 58.2. The normalized spacial score (nSPS) is 13.7. The molecule has 0 saturated heterocycles. The SMILES string of the molecule is CCCCCCCCCC/C=C\CCCCCCCCCCCCCCCCOCC(COP(=O)(O)OCC[N+](C)(C)C)OC(=O)CCCCCCCCCCCCC. The summed E-state index contributed by atoms with van der Waals surface area (Å²) in [6.07, 6.45) is 49.8. The van der Waals surface area contributed by atoms with Crippen LogP contribution < -0.4 is 0 Å². The van der Waals surface area contributed by atoms with Crippen LogP contribution in [0.15, 0.2) is 12.2 Å².